The van der Waals surface area contributed by atoms with E-state index in [2.05, 4.69) is 11.7 Å². The quantitative estimate of drug-likeness (QED) is 0.475. The van der Waals surface area contributed by atoms with Crippen LogP contribution in [0, 0.1) is 5.92 Å². The summed E-state index contributed by atoms with van der Waals surface area (Å²) in [6.45, 7) is 7.26. The van der Waals surface area contributed by atoms with Crippen LogP contribution < -0.4 is 0 Å². The summed E-state index contributed by atoms with van der Waals surface area (Å²) in [6.07, 6.45) is 6.91. The number of allylic oxidation sites excluding steroid dienone is 4. The summed E-state index contributed by atoms with van der Waals surface area (Å²) >= 11 is 0. The van der Waals surface area contributed by atoms with Gasteiger partial charge in [-0.05, 0) is 26.0 Å². The maximum absolute atomic E-state index is 12.6. The Morgan fingerprint density at radius 1 is 1.32 bits per heavy atom. The second-order valence-corrected chi connectivity index (χ2v) is 4.88. The first-order valence-electron chi connectivity index (χ1n) is 7.04. The average molecular weight is 294 g/mol. The van der Waals surface area contributed by atoms with Crippen molar-refractivity contribution in [1.82, 2.24) is 5.01 Å². The van der Waals surface area contributed by atoms with Crippen LogP contribution in [0.1, 0.15) is 24.2 Å². The van der Waals surface area contributed by atoms with Crippen LogP contribution in [-0.2, 0) is 4.79 Å². The molecule has 0 aromatic heterocycles. The smallest absolute Gasteiger partial charge is 0.264 e. The third-order valence-electron chi connectivity index (χ3n) is 3.36. The van der Waals surface area contributed by atoms with E-state index in [1.54, 1.807) is 49.4 Å². The van der Waals surface area contributed by atoms with E-state index in [0.717, 1.165) is 0 Å². The SMILES string of the molecule is C=C/C(=C\C=C/C)N1N=C(C)C(C(=O)c2ccccc2)C1=O. The minimum atomic E-state index is -0.864. The molecule has 0 bridgehead atoms. The van der Waals surface area contributed by atoms with E-state index in [0.29, 0.717) is 17.0 Å². The number of carbonyl (C=O) groups is 2. The number of ketones is 1. The summed E-state index contributed by atoms with van der Waals surface area (Å²) in [5.74, 6) is -1.44. The van der Waals surface area contributed by atoms with Gasteiger partial charge in [-0.2, -0.15) is 10.1 Å². The highest BCUT2D eigenvalue weighted by molar-refractivity contribution is 6.26. The molecule has 1 amide bonds. The Balaban J connectivity index is 2.31. The molecule has 1 aromatic carbocycles. The Labute approximate surface area is 130 Å². The van der Waals surface area contributed by atoms with E-state index in [1.807, 2.05) is 19.1 Å². The van der Waals surface area contributed by atoms with E-state index in [9.17, 15) is 9.59 Å². The third-order valence-corrected chi connectivity index (χ3v) is 3.36. The summed E-state index contributed by atoms with van der Waals surface area (Å²) in [7, 11) is 0. The highest BCUT2D eigenvalue weighted by Gasteiger charge is 2.40. The Morgan fingerprint density at radius 3 is 2.59 bits per heavy atom. The zero-order valence-electron chi connectivity index (χ0n) is 12.7. The lowest BCUT2D eigenvalue weighted by Crippen LogP contribution is -2.32. The first-order chi connectivity index (χ1) is 10.6. The molecule has 1 unspecified atom stereocenters. The summed E-state index contributed by atoms with van der Waals surface area (Å²) in [5.41, 5.74) is 1.55. The minimum Gasteiger partial charge on any atom is -0.293 e. The van der Waals surface area contributed by atoms with Gasteiger partial charge in [-0.1, -0.05) is 49.1 Å². The zero-order chi connectivity index (χ0) is 16.1. The predicted octanol–water partition coefficient (Wildman–Crippen LogP) is 3.35. The van der Waals surface area contributed by atoms with Crippen molar-refractivity contribution in [1.29, 1.82) is 0 Å². The van der Waals surface area contributed by atoms with Gasteiger partial charge in [-0.25, -0.2) is 0 Å². The highest BCUT2D eigenvalue weighted by atomic mass is 16.2. The number of amides is 1. The summed E-state index contributed by atoms with van der Waals surface area (Å²) in [6, 6.07) is 8.79. The molecule has 112 valence electrons. The molecule has 1 atom stereocenters. The number of benzene rings is 1. The topological polar surface area (TPSA) is 49.7 Å². The van der Waals surface area contributed by atoms with Crippen LogP contribution in [0.5, 0.6) is 0 Å². The second-order valence-electron chi connectivity index (χ2n) is 4.88. The van der Waals surface area contributed by atoms with Crippen LogP contribution in [0.3, 0.4) is 0 Å². The van der Waals surface area contributed by atoms with Crippen molar-refractivity contribution < 1.29 is 9.59 Å². The number of hydrogen-bond acceptors (Lipinski definition) is 3. The first-order valence-corrected chi connectivity index (χ1v) is 7.04. The fraction of sp³-hybridized carbons (Fsp3) is 0.167. The van der Waals surface area contributed by atoms with Crippen molar-refractivity contribution in [2.45, 2.75) is 13.8 Å². The monoisotopic (exact) mass is 294 g/mol. The molecule has 1 aromatic rings. The number of rotatable bonds is 5. The van der Waals surface area contributed by atoms with Crippen LogP contribution in [0.4, 0.5) is 0 Å². The van der Waals surface area contributed by atoms with Crippen LogP contribution in [0.25, 0.3) is 0 Å². The van der Waals surface area contributed by atoms with Gasteiger partial charge in [0.25, 0.3) is 5.91 Å². The molecule has 0 N–H and O–H groups in total. The van der Waals surface area contributed by atoms with E-state index >= 15 is 0 Å². The van der Waals surface area contributed by atoms with Gasteiger partial charge < -0.3 is 0 Å². The zero-order valence-corrected chi connectivity index (χ0v) is 12.7. The Hall–Kier alpha value is -2.75. The maximum atomic E-state index is 12.6. The Morgan fingerprint density at radius 2 is 2.00 bits per heavy atom. The van der Waals surface area contributed by atoms with Crippen molar-refractivity contribution in [2.75, 3.05) is 0 Å². The van der Waals surface area contributed by atoms with Crippen molar-refractivity contribution in [3.8, 4) is 0 Å². The molecule has 0 saturated heterocycles. The van der Waals surface area contributed by atoms with E-state index in [4.69, 9.17) is 0 Å². The van der Waals surface area contributed by atoms with Gasteiger partial charge in [-0.15, -0.1) is 0 Å². The minimum absolute atomic E-state index is 0.233. The first kappa shape index (κ1) is 15.6. The molecule has 2 rings (SSSR count). The van der Waals surface area contributed by atoms with Gasteiger partial charge in [0, 0.05) is 5.56 Å². The number of carbonyl (C=O) groups excluding carboxylic acids is 2. The van der Waals surface area contributed by atoms with Crippen molar-refractivity contribution in [3.05, 3.63) is 72.5 Å². The van der Waals surface area contributed by atoms with Crippen LogP contribution in [-0.4, -0.2) is 22.4 Å². The van der Waals surface area contributed by atoms with Gasteiger partial charge >= 0.3 is 0 Å². The van der Waals surface area contributed by atoms with Gasteiger partial charge in [0.1, 0.15) is 5.92 Å². The highest BCUT2D eigenvalue weighted by Crippen LogP contribution is 2.24. The van der Waals surface area contributed by atoms with Gasteiger partial charge in [-0.3, -0.25) is 9.59 Å². The summed E-state index contributed by atoms with van der Waals surface area (Å²) < 4.78 is 0. The van der Waals surface area contributed by atoms with Crippen LogP contribution in [0.15, 0.2) is 72.0 Å². The fourth-order valence-corrected chi connectivity index (χ4v) is 2.24. The fourth-order valence-electron chi connectivity index (χ4n) is 2.24. The van der Waals surface area contributed by atoms with Gasteiger partial charge in [0.15, 0.2) is 5.78 Å². The van der Waals surface area contributed by atoms with Crippen molar-refractivity contribution in [3.63, 3.8) is 0 Å². The number of hydrogen-bond donors (Lipinski definition) is 0. The van der Waals surface area contributed by atoms with Crippen molar-refractivity contribution in [2.24, 2.45) is 11.0 Å². The molecule has 4 heteroatoms. The lowest BCUT2D eigenvalue weighted by atomic mass is 9.94. The maximum Gasteiger partial charge on any atom is 0.264 e. The molecule has 0 fully saturated rings. The largest absolute Gasteiger partial charge is 0.293 e. The lowest BCUT2D eigenvalue weighted by molar-refractivity contribution is -0.128. The second kappa shape index (κ2) is 6.80. The molecule has 0 aliphatic carbocycles. The van der Waals surface area contributed by atoms with E-state index in [-0.39, 0.29) is 11.7 Å². The molecule has 0 radical (unpaired) electrons. The Bertz CT molecular complexity index is 684. The molecule has 1 aliphatic rings. The standard InChI is InChI=1S/C18H18N2O2/c1-4-6-12-15(5-2)20-18(22)16(13(3)19-20)17(21)14-10-8-7-9-11-14/h4-12,16H,2H2,1,3H3/b6-4-,15-12+. The summed E-state index contributed by atoms with van der Waals surface area (Å²) in [5, 5.41) is 5.47. The number of Topliss-reactive ketones (excluding diaryl/α,β-unsaturated/α-hetero) is 1. The van der Waals surface area contributed by atoms with Crippen LogP contribution in [0.2, 0.25) is 0 Å². The van der Waals surface area contributed by atoms with Gasteiger partial charge in [0.2, 0.25) is 0 Å². The van der Waals surface area contributed by atoms with Gasteiger partial charge in [0.05, 0.1) is 11.4 Å². The molecule has 0 saturated carbocycles. The van der Waals surface area contributed by atoms with E-state index in [1.165, 1.54) is 5.01 Å². The molecule has 1 heterocycles. The summed E-state index contributed by atoms with van der Waals surface area (Å²) in [4.78, 5) is 25.1. The number of hydrazone groups is 1. The third kappa shape index (κ3) is 2.96. The lowest BCUT2D eigenvalue weighted by Gasteiger charge is -2.14. The normalized spacial score (nSPS) is 18.7. The predicted molar refractivity (Wildman–Crippen MR) is 87.3 cm³/mol. The molecule has 22 heavy (non-hydrogen) atoms. The van der Waals surface area contributed by atoms with Crippen molar-refractivity contribution >= 4 is 17.4 Å². The molecule has 1 aliphatic heterocycles. The Kier molecular flexibility index (Phi) is 4.84. The molecular formula is C18H18N2O2. The molecule has 0 spiro atoms. The molecular weight excluding hydrogens is 276 g/mol. The van der Waals surface area contributed by atoms with Crippen LogP contribution >= 0.6 is 0 Å². The van der Waals surface area contributed by atoms with E-state index < -0.39 is 5.92 Å². The number of nitrogens with zero attached hydrogens (tertiary/aromatic N) is 2. The average Bonchev–Trinajstić information content (AvgIpc) is 2.83. The molecule has 4 nitrogen and oxygen atoms in total.